The Morgan fingerprint density at radius 2 is 1.56 bits per heavy atom. The lowest BCUT2D eigenvalue weighted by atomic mass is 9.99. The van der Waals surface area contributed by atoms with Crippen LogP contribution in [0.2, 0.25) is 0 Å². The van der Waals surface area contributed by atoms with Gasteiger partial charge in [-0.25, -0.2) is 0 Å². The summed E-state index contributed by atoms with van der Waals surface area (Å²) in [6.07, 6.45) is 0. The molecule has 90 valence electrons. The monoisotopic (exact) mass is 237 g/mol. The standard InChI is InChI=1S/C16H15NO/c1-3-7-13(8-4-1)15-11-17-16(18-12-15)14-9-5-2-6-10-14/h1-10,15H,11-12H2. The highest BCUT2D eigenvalue weighted by atomic mass is 16.5. The van der Waals surface area contributed by atoms with E-state index in [0.29, 0.717) is 12.5 Å². The van der Waals surface area contributed by atoms with Crippen molar-refractivity contribution in [2.75, 3.05) is 13.2 Å². The van der Waals surface area contributed by atoms with Crippen molar-refractivity contribution in [3.8, 4) is 0 Å². The molecule has 1 atom stereocenters. The molecular formula is C16H15NO. The van der Waals surface area contributed by atoms with Gasteiger partial charge < -0.3 is 4.74 Å². The Morgan fingerprint density at radius 1 is 0.889 bits per heavy atom. The van der Waals surface area contributed by atoms with Crippen LogP contribution in [0.5, 0.6) is 0 Å². The van der Waals surface area contributed by atoms with Crippen molar-refractivity contribution in [1.82, 2.24) is 0 Å². The van der Waals surface area contributed by atoms with Gasteiger partial charge in [-0.15, -0.1) is 0 Å². The predicted octanol–water partition coefficient (Wildman–Crippen LogP) is 3.25. The zero-order valence-electron chi connectivity index (χ0n) is 10.1. The molecule has 0 fully saturated rings. The van der Waals surface area contributed by atoms with Crippen molar-refractivity contribution in [3.63, 3.8) is 0 Å². The first-order chi connectivity index (χ1) is 8.93. The van der Waals surface area contributed by atoms with Crippen LogP contribution in [-0.4, -0.2) is 19.0 Å². The summed E-state index contributed by atoms with van der Waals surface area (Å²) in [6, 6.07) is 20.5. The van der Waals surface area contributed by atoms with Crippen LogP contribution in [0.25, 0.3) is 0 Å². The molecule has 1 aliphatic heterocycles. The first-order valence-corrected chi connectivity index (χ1v) is 6.21. The third kappa shape index (κ3) is 2.28. The minimum absolute atomic E-state index is 0.374. The van der Waals surface area contributed by atoms with Crippen LogP contribution in [0.1, 0.15) is 17.0 Å². The van der Waals surface area contributed by atoms with Gasteiger partial charge in [0.05, 0.1) is 13.2 Å². The highest BCUT2D eigenvalue weighted by Gasteiger charge is 2.18. The molecule has 2 heteroatoms. The van der Waals surface area contributed by atoms with E-state index < -0.39 is 0 Å². The Morgan fingerprint density at radius 3 is 2.17 bits per heavy atom. The maximum absolute atomic E-state index is 5.78. The smallest absolute Gasteiger partial charge is 0.216 e. The fourth-order valence-corrected chi connectivity index (χ4v) is 2.15. The van der Waals surface area contributed by atoms with E-state index in [1.54, 1.807) is 0 Å². The molecule has 2 aromatic rings. The molecule has 0 radical (unpaired) electrons. The van der Waals surface area contributed by atoms with Gasteiger partial charge in [-0.2, -0.15) is 0 Å². The molecule has 1 heterocycles. The van der Waals surface area contributed by atoms with Crippen LogP contribution >= 0.6 is 0 Å². The van der Waals surface area contributed by atoms with Crippen LogP contribution < -0.4 is 0 Å². The summed E-state index contributed by atoms with van der Waals surface area (Å²) in [5.74, 6) is 1.14. The molecule has 0 amide bonds. The van der Waals surface area contributed by atoms with Crippen molar-refractivity contribution in [2.24, 2.45) is 4.99 Å². The SMILES string of the molecule is c1ccc(C2=NCC(c3ccccc3)CO2)cc1. The third-order valence-electron chi connectivity index (χ3n) is 3.17. The number of aliphatic imine (C=N–C) groups is 1. The highest BCUT2D eigenvalue weighted by Crippen LogP contribution is 2.21. The molecular weight excluding hydrogens is 222 g/mol. The fraction of sp³-hybridized carbons (Fsp3) is 0.188. The number of hydrogen-bond acceptors (Lipinski definition) is 2. The Bertz CT molecular complexity index is 534. The average molecular weight is 237 g/mol. The van der Waals surface area contributed by atoms with Gasteiger partial charge in [0.2, 0.25) is 5.90 Å². The number of rotatable bonds is 2. The Kier molecular flexibility index (Phi) is 3.09. The van der Waals surface area contributed by atoms with E-state index in [-0.39, 0.29) is 0 Å². The quantitative estimate of drug-likeness (QED) is 0.785. The summed E-state index contributed by atoms with van der Waals surface area (Å²) >= 11 is 0. The second-order valence-corrected chi connectivity index (χ2v) is 4.43. The molecule has 0 bridgehead atoms. The van der Waals surface area contributed by atoms with E-state index >= 15 is 0 Å². The van der Waals surface area contributed by atoms with Crippen LogP contribution in [-0.2, 0) is 4.74 Å². The van der Waals surface area contributed by atoms with E-state index in [0.717, 1.165) is 18.0 Å². The topological polar surface area (TPSA) is 21.6 Å². The molecule has 0 aromatic heterocycles. The lowest BCUT2D eigenvalue weighted by Gasteiger charge is -2.22. The van der Waals surface area contributed by atoms with Crippen LogP contribution in [0, 0.1) is 0 Å². The second kappa shape index (κ2) is 5.05. The molecule has 2 aromatic carbocycles. The molecule has 1 aliphatic rings. The molecule has 3 rings (SSSR count). The van der Waals surface area contributed by atoms with Crippen LogP contribution in [0.3, 0.4) is 0 Å². The lowest BCUT2D eigenvalue weighted by Crippen LogP contribution is -2.22. The van der Waals surface area contributed by atoms with Gasteiger partial charge in [-0.05, 0) is 17.7 Å². The van der Waals surface area contributed by atoms with Gasteiger partial charge in [0, 0.05) is 11.5 Å². The molecule has 18 heavy (non-hydrogen) atoms. The third-order valence-corrected chi connectivity index (χ3v) is 3.17. The van der Waals surface area contributed by atoms with Crippen molar-refractivity contribution in [3.05, 3.63) is 71.8 Å². The van der Waals surface area contributed by atoms with E-state index in [2.05, 4.69) is 29.3 Å². The first kappa shape index (κ1) is 11.0. The van der Waals surface area contributed by atoms with Gasteiger partial charge >= 0.3 is 0 Å². The van der Waals surface area contributed by atoms with E-state index in [1.807, 2.05) is 36.4 Å². The summed E-state index contributed by atoms with van der Waals surface area (Å²) in [4.78, 5) is 4.55. The highest BCUT2D eigenvalue weighted by molar-refractivity contribution is 5.94. The summed E-state index contributed by atoms with van der Waals surface area (Å²) in [5, 5.41) is 0. The van der Waals surface area contributed by atoms with Gasteiger partial charge in [0.25, 0.3) is 0 Å². The Hall–Kier alpha value is -2.09. The predicted molar refractivity (Wildman–Crippen MR) is 73.0 cm³/mol. The van der Waals surface area contributed by atoms with Gasteiger partial charge in [-0.3, -0.25) is 4.99 Å². The zero-order chi connectivity index (χ0) is 12.2. The lowest BCUT2D eigenvalue weighted by molar-refractivity contribution is 0.259. The fourth-order valence-electron chi connectivity index (χ4n) is 2.15. The number of nitrogens with zero attached hydrogens (tertiary/aromatic N) is 1. The van der Waals surface area contributed by atoms with Crippen molar-refractivity contribution >= 4 is 5.90 Å². The minimum Gasteiger partial charge on any atom is -0.477 e. The summed E-state index contributed by atoms with van der Waals surface area (Å²) < 4.78 is 5.78. The summed E-state index contributed by atoms with van der Waals surface area (Å²) in [6.45, 7) is 1.51. The zero-order valence-corrected chi connectivity index (χ0v) is 10.1. The minimum atomic E-state index is 0.374. The van der Waals surface area contributed by atoms with Gasteiger partial charge in [0.15, 0.2) is 0 Å². The van der Waals surface area contributed by atoms with E-state index in [1.165, 1.54) is 5.56 Å². The van der Waals surface area contributed by atoms with Crippen molar-refractivity contribution in [1.29, 1.82) is 0 Å². The largest absolute Gasteiger partial charge is 0.477 e. The first-order valence-electron chi connectivity index (χ1n) is 6.21. The Balaban J connectivity index is 1.76. The molecule has 2 nitrogen and oxygen atoms in total. The average Bonchev–Trinajstić information content (AvgIpc) is 2.49. The molecule has 0 N–H and O–H groups in total. The van der Waals surface area contributed by atoms with E-state index in [4.69, 9.17) is 4.74 Å². The molecule has 1 unspecified atom stereocenters. The maximum atomic E-state index is 5.78. The summed E-state index contributed by atoms with van der Waals surface area (Å²) in [7, 11) is 0. The maximum Gasteiger partial charge on any atom is 0.216 e. The van der Waals surface area contributed by atoms with Crippen LogP contribution in [0.15, 0.2) is 65.7 Å². The molecule has 0 saturated heterocycles. The number of hydrogen-bond donors (Lipinski definition) is 0. The molecule has 0 saturated carbocycles. The normalized spacial score (nSPS) is 18.9. The number of ether oxygens (including phenoxy) is 1. The van der Waals surface area contributed by atoms with E-state index in [9.17, 15) is 0 Å². The second-order valence-electron chi connectivity index (χ2n) is 4.43. The van der Waals surface area contributed by atoms with Gasteiger partial charge in [-0.1, -0.05) is 48.5 Å². The number of benzene rings is 2. The molecule has 0 spiro atoms. The van der Waals surface area contributed by atoms with Gasteiger partial charge in [0.1, 0.15) is 0 Å². The van der Waals surface area contributed by atoms with Crippen LogP contribution in [0.4, 0.5) is 0 Å². The van der Waals surface area contributed by atoms with Crippen molar-refractivity contribution in [2.45, 2.75) is 5.92 Å². The molecule has 0 aliphatic carbocycles. The van der Waals surface area contributed by atoms with Crippen molar-refractivity contribution < 1.29 is 4.74 Å². The summed E-state index contributed by atoms with van der Waals surface area (Å²) in [5.41, 5.74) is 2.36. The Labute approximate surface area is 107 Å².